The molecule has 0 amide bonds. The van der Waals surface area contributed by atoms with Crippen molar-refractivity contribution in [2.24, 2.45) is 0 Å². The molecule has 0 unspecified atom stereocenters. The Labute approximate surface area is 127 Å². The number of aromatic nitrogens is 4. The summed E-state index contributed by atoms with van der Waals surface area (Å²) in [5.74, 6) is -0.106. The second-order valence-corrected chi connectivity index (χ2v) is 4.58. The minimum Gasteiger partial charge on any atom is -0.433 e. The summed E-state index contributed by atoms with van der Waals surface area (Å²) < 4.78 is 29.3. The molecule has 118 valence electrons. The van der Waals surface area contributed by atoms with E-state index in [1.165, 1.54) is 18.3 Å². The van der Waals surface area contributed by atoms with Crippen molar-refractivity contribution in [2.45, 2.75) is 13.2 Å². The van der Waals surface area contributed by atoms with E-state index in [0.29, 0.717) is 11.2 Å². The number of fused-ring (bicyclic) bond motifs is 1. The first kappa shape index (κ1) is 14.8. The van der Waals surface area contributed by atoms with Crippen LogP contribution in [0.2, 0.25) is 0 Å². The van der Waals surface area contributed by atoms with E-state index in [2.05, 4.69) is 19.7 Å². The molecule has 0 bridgehead atoms. The Hall–Kier alpha value is -3.10. The van der Waals surface area contributed by atoms with Crippen LogP contribution in [-0.4, -0.2) is 26.1 Å². The highest BCUT2D eigenvalue weighted by atomic mass is 19.3. The van der Waals surface area contributed by atoms with Gasteiger partial charge in [-0.15, -0.1) is 0 Å². The number of pyridine rings is 2. The lowest BCUT2D eigenvalue weighted by Gasteiger charge is -2.07. The largest absolute Gasteiger partial charge is 0.433 e. The lowest BCUT2D eigenvalue weighted by Crippen LogP contribution is -2.35. The van der Waals surface area contributed by atoms with Gasteiger partial charge in [-0.2, -0.15) is 8.78 Å². The molecule has 1 N–H and O–H groups in total. The van der Waals surface area contributed by atoms with Crippen molar-refractivity contribution >= 4 is 11.0 Å². The maximum Gasteiger partial charge on any atom is 0.387 e. The number of hydrogen-bond donors (Lipinski definition) is 1. The molecule has 0 aliphatic rings. The zero-order valence-electron chi connectivity index (χ0n) is 11.6. The standard InChI is InChI=1S/C14H10F2N4O3/c15-13(16)23-9-4-3-8(18-6-9)7-20-12(21)11-10(19-14(20)22)2-1-5-17-11/h1-6,13H,7H2,(H,19,22). The zero-order chi connectivity index (χ0) is 16.4. The van der Waals surface area contributed by atoms with E-state index in [1.54, 1.807) is 12.1 Å². The molecular weight excluding hydrogens is 310 g/mol. The normalized spacial score (nSPS) is 11.1. The van der Waals surface area contributed by atoms with Gasteiger partial charge in [0, 0.05) is 6.20 Å². The summed E-state index contributed by atoms with van der Waals surface area (Å²) in [6.07, 6.45) is 2.54. The molecule has 0 radical (unpaired) electrons. The number of H-pyrrole nitrogens is 1. The third-order valence-corrected chi connectivity index (χ3v) is 3.09. The molecule has 9 heteroatoms. The second kappa shape index (κ2) is 5.95. The summed E-state index contributed by atoms with van der Waals surface area (Å²) in [4.78, 5) is 34.7. The van der Waals surface area contributed by atoms with E-state index < -0.39 is 17.9 Å². The molecule has 0 atom stereocenters. The maximum absolute atomic E-state index is 12.3. The van der Waals surface area contributed by atoms with Crippen molar-refractivity contribution in [3.05, 3.63) is 63.2 Å². The van der Waals surface area contributed by atoms with Crippen molar-refractivity contribution < 1.29 is 13.5 Å². The van der Waals surface area contributed by atoms with Gasteiger partial charge < -0.3 is 9.72 Å². The Morgan fingerprint density at radius 1 is 1.22 bits per heavy atom. The molecule has 0 spiro atoms. The predicted molar refractivity (Wildman–Crippen MR) is 76.6 cm³/mol. The van der Waals surface area contributed by atoms with E-state index in [4.69, 9.17) is 0 Å². The van der Waals surface area contributed by atoms with E-state index >= 15 is 0 Å². The van der Waals surface area contributed by atoms with Crippen molar-refractivity contribution in [1.29, 1.82) is 0 Å². The molecule has 23 heavy (non-hydrogen) atoms. The monoisotopic (exact) mass is 320 g/mol. The topological polar surface area (TPSA) is 89.9 Å². The highest BCUT2D eigenvalue weighted by Gasteiger charge is 2.10. The number of nitrogens with zero attached hydrogens (tertiary/aromatic N) is 3. The molecule has 0 aliphatic carbocycles. The van der Waals surface area contributed by atoms with Gasteiger partial charge in [-0.3, -0.25) is 14.3 Å². The Kier molecular flexibility index (Phi) is 3.83. The molecule has 0 fully saturated rings. The van der Waals surface area contributed by atoms with Crippen LogP contribution in [0.3, 0.4) is 0 Å². The number of halogens is 2. The van der Waals surface area contributed by atoms with Crippen LogP contribution in [0.25, 0.3) is 11.0 Å². The average Bonchev–Trinajstić information content (AvgIpc) is 2.52. The maximum atomic E-state index is 12.3. The van der Waals surface area contributed by atoms with Gasteiger partial charge in [0.1, 0.15) is 5.75 Å². The lowest BCUT2D eigenvalue weighted by molar-refractivity contribution is -0.0500. The minimum atomic E-state index is -2.94. The first-order valence-electron chi connectivity index (χ1n) is 6.52. The third-order valence-electron chi connectivity index (χ3n) is 3.09. The van der Waals surface area contributed by atoms with E-state index in [-0.39, 0.29) is 17.8 Å². The number of alkyl halides is 2. The fourth-order valence-corrected chi connectivity index (χ4v) is 2.06. The van der Waals surface area contributed by atoms with Gasteiger partial charge in [0.25, 0.3) is 5.56 Å². The van der Waals surface area contributed by atoms with Crippen molar-refractivity contribution in [2.75, 3.05) is 0 Å². The number of ether oxygens (including phenoxy) is 1. The Morgan fingerprint density at radius 3 is 2.74 bits per heavy atom. The van der Waals surface area contributed by atoms with Gasteiger partial charge in [-0.1, -0.05) is 0 Å². The van der Waals surface area contributed by atoms with Crippen LogP contribution in [0, 0.1) is 0 Å². The summed E-state index contributed by atoms with van der Waals surface area (Å²) in [7, 11) is 0. The van der Waals surface area contributed by atoms with Crippen LogP contribution in [-0.2, 0) is 6.54 Å². The zero-order valence-corrected chi connectivity index (χ0v) is 11.6. The van der Waals surface area contributed by atoms with E-state index in [9.17, 15) is 18.4 Å². The summed E-state index contributed by atoms with van der Waals surface area (Å²) in [6.45, 7) is -3.06. The quantitative estimate of drug-likeness (QED) is 0.778. The molecule has 7 nitrogen and oxygen atoms in total. The summed E-state index contributed by atoms with van der Waals surface area (Å²) in [5.41, 5.74) is -0.351. The van der Waals surface area contributed by atoms with Crippen LogP contribution in [0.15, 0.2) is 46.2 Å². The van der Waals surface area contributed by atoms with Crippen molar-refractivity contribution in [3.63, 3.8) is 0 Å². The van der Waals surface area contributed by atoms with Crippen LogP contribution < -0.4 is 16.0 Å². The first-order chi connectivity index (χ1) is 11.0. The molecule has 3 rings (SSSR count). The highest BCUT2D eigenvalue weighted by molar-refractivity contribution is 5.71. The summed E-state index contributed by atoms with van der Waals surface area (Å²) in [5, 5.41) is 0. The van der Waals surface area contributed by atoms with Crippen LogP contribution >= 0.6 is 0 Å². The van der Waals surface area contributed by atoms with E-state index in [0.717, 1.165) is 10.8 Å². The molecule has 0 saturated heterocycles. The van der Waals surface area contributed by atoms with Gasteiger partial charge in [0.15, 0.2) is 5.52 Å². The number of aromatic amines is 1. The number of nitrogens with one attached hydrogen (secondary N) is 1. The fraction of sp³-hybridized carbons (Fsp3) is 0.143. The molecule has 0 saturated carbocycles. The van der Waals surface area contributed by atoms with Crippen LogP contribution in [0.4, 0.5) is 8.78 Å². The first-order valence-corrected chi connectivity index (χ1v) is 6.52. The van der Waals surface area contributed by atoms with Crippen molar-refractivity contribution in [1.82, 2.24) is 19.5 Å². The van der Waals surface area contributed by atoms with Gasteiger partial charge in [0.2, 0.25) is 0 Å². The molecule has 0 aromatic carbocycles. The fourth-order valence-electron chi connectivity index (χ4n) is 2.06. The van der Waals surface area contributed by atoms with Gasteiger partial charge in [-0.05, 0) is 24.3 Å². The molecule has 3 aromatic heterocycles. The molecule has 3 heterocycles. The minimum absolute atomic E-state index is 0.106. The smallest absolute Gasteiger partial charge is 0.387 e. The Balaban J connectivity index is 1.95. The summed E-state index contributed by atoms with van der Waals surface area (Å²) in [6, 6.07) is 5.86. The van der Waals surface area contributed by atoms with Crippen LogP contribution in [0.5, 0.6) is 5.75 Å². The number of hydrogen-bond acceptors (Lipinski definition) is 5. The van der Waals surface area contributed by atoms with Crippen LogP contribution in [0.1, 0.15) is 5.69 Å². The number of rotatable bonds is 4. The molecule has 0 aliphatic heterocycles. The predicted octanol–water partition coefficient (Wildman–Crippen LogP) is 1.13. The Morgan fingerprint density at radius 2 is 2.04 bits per heavy atom. The van der Waals surface area contributed by atoms with Gasteiger partial charge >= 0.3 is 12.3 Å². The second-order valence-electron chi connectivity index (χ2n) is 4.58. The highest BCUT2D eigenvalue weighted by Crippen LogP contribution is 2.12. The molecular formula is C14H10F2N4O3. The summed E-state index contributed by atoms with van der Waals surface area (Å²) >= 11 is 0. The van der Waals surface area contributed by atoms with E-state index in [1.807, 2.05) is 0 Å². The third kappa shape index (κ3) is 3.07. The lowest BCUT2D eigenvalue weighted by atomic mass is 10.3. The van der Waals surface area contributed by atoms with Crippen molar-refractivity contribution in [3.8, 4) is 5.75 Å². The molecule has 3 aromatic rings. The SMILES string of the molecule is O=c1[nH]c2cccnc2c(=O)n1Cc1ccc(OC(F)F)cn1. The average molecular weight is 320 g/mol. The Bertz CT molecular complexity index is 951. The van der Waals surface area contributed by atoms with Gasteiger partial charge in [0.05, 0.1) is 24.0 Å². The van der Waals surface area contributed by atoms with Gasteiger partial charge in [-0.25, -0.2) is 9.78 Å².